The van der Waals surface area contributed by atoms with Crippen LogP contribution in [0.25, 0.3) is 0 Å². The summed E-state index contributed by atoms with van der Waals surface area (Å²) in [6, 6.07) is 2.61. The third kappa shape index (κ3) is 2.83. The summed E-state index contributed by atoms with van der Waals surface area (Å²) in [4.78, 5) is 33.1. The minimum atomic E-state index is -0.998. The lowest BCUT2D eigenvalue weighted by Crippen LogP contribution is -2.47. The lowest BCUT2D eigenvalue weighted by molar-refractivity contribution is -0.385. The van der Waals surface area contributed by atoms with Gasteiger partial charge in [-0.05, 0) is 25.0 Å². The number of rotatable bonds is 5. The molecule has 0 heterocycles. The molecule has 0 unspecified atom stereocenters. The molecule has 0 aromatic heterocycles. The second-order valence-corrected chi connectivity index (χ2v) is 5.04. The van der Waals surface area contributed by atoms with Crippen molar-refractivity contribution in [2.75, 3.05) is 6.54 Å². The summed E-state index contributed by atoms with van der Waals surface area (Å²) in [7, 11) is 0. The Morgan fingerprint density at radius 3 is 2.57 bits per heavy atom. The van der Waals surface area contributed by atoms with Gasteiger partial charge in [0.05, 0.1) is 16.4 Å². The Morgan fingerprint density at radius 1 is 1.43 bits per heavy atom. The van der Waals surface area contributed by atoms with Crippen molar-refractivity contribution >= 4 is 17.6 Å². The highest BCUT2D eigenvalue weighted by Gasteiger charge is 2.44. The number of carboxylic acids is 1. The molecule has 1 aromatic carbocycles. The molecule has 1 aliphatic rings. The first kappa shape index (κ1) is 14.9. The SMILES string of the molecule is O=C(NCC1(C(=O)O)CCC1)c1ccc(F)cc1[N+](=O)[O-]. The van der Waals surface area contributed by atoms with Crippen LogP contribution in [0.3, 0.4) is 0 Å². The molecule has 0 atom stereocenters. The summed E-state index contributed by atoms with van der Waals surface area (Å²) in [5.74, 6) is -2.60. The molecule has 1 amide bonds. The lowest BCUT2D eigenvalue weighted by Gasteiger charge is -2.37. The molecule has 112 valence electrons. The average Bonchev–Trinajstić information content (AvgIpc) is 2.36. The van der Waals surface area contributed by atoms with Gasteiger partial charge in [0.15, 0.2) is 0 Å². The highest BCUT2D eigenvalue weighted by Crippen LogP contribution is 2.40. The zero-order chi connectivity index (χ0) is 15.6. The maximum absolute atomic E-state index is 13.0. The smallest absolute Gasteiger partial charge is 0.311 e. The lowest BCUT2D eigenvalue weighted by atomic mass is 9.69. The number of hydrogen-bond acceptors (Lipinski definition) is 4. The predicted octanol–water partition coefficient (Wildman–Crippen LogP) is 1.72. The Labute approximate surface area is 118 Å². The molecule has 2 rings (SSSR count). The molecule has 0 spiro atoms. The Kier molecular flexibility index (Phi) is 3.88. The van der Waals surface area contributed by atoms with E-state index in [9.17, 15) is 24.1 Å². The molecule has 2 N–H and O–H groups in total. The van der Waals surface area contributed by atoms with Gasteiger partial charge < -0.3 is 10.4 Å². The Bertz CT molecular complexity index is 613. The van der Waals surface area contributed by atoms with Crippen LogP contribution in [0, 0.1) is 21.3 Å². The molecule has 8 heteroatoms. The topological polar surface area (TPSA) is 110 Å². The second kappa shape index (κ2) is 5.47. The van der Waals surface area contributed by atoms with E-state index in [4.69, 9.17) is 5.11 Å². The van der Waals surface area contributed by atoms with Crippen LogP contribution in [0.15, 0.2) is 18.2 Å². The Balaban J connectivity index is 2.14. The van der Waals surface area contributed by atoms with Crippen LogP contribution in [0.5, 0.6) is 0 Å². The zero-order valence-electron chi connectivity index (χ0n) is 11.0. The number of nitro benzene ring substituents is 1. The molecule has 0 saturated heterocycles. The van der Waals surface area contributed by atoms with E-state index in [-0.39, 0.29) is 12.1 Å². The maximum Gasteiger partial charge on any atom is 0.311 e. The third-order valence-electron chi connectivity index (χ3n) is 3.75. The fourth-order valence-electron chi connectivity index (χ4n) is 2.26. The highest BCUT2D eigenvalue weighted by atomic mass is 19.1. The molecular weight excluding hydrogens is 283 g/mol. The summed E-state index contributed by atoms with van der Waals surface area (Å²) >= 11 is 0. The van der Waals surface area contributed by atoms with Crippen molar-refractivity contribution in [1.82, 2.24) is 5.32 Å². The summed E-state index contributed by atoms with van der Waals surface area (Å²) in [6.07, 6.45) is 1.67. The van der Waals surface area contributed by atoms with Crippen LogP contribution in [-0.4, -0.2) is 28.5 Å². The average molecular weight is 296 g/mol. The van der Waals surface area contributed by atoms with Crippen LogP contribution in [0.2, 0.25) is 0 Å². The van der Waals surface area contributed by atoms with Crippen molar-refractivity contribution in [3.8, 4) is 0 Å². The fraction of sp³-hybridized carbons (Fsp3) is 0.385. The van der Waals surface area contributed by atoms with Crippen molar-refractivity contribution in [3.05, 3.63) is 39.7 Å². The molecule has 7 nitrogen and oxygen atoms in total. The minimum absolute atomic E-state index is 0.101. The monoisotopic (exact) mass is 296 g/mol. The Morgan fingerprint density at radius 2 is 2.10 bits per heavy atom. The molecule has 1 saturated carbocycles. The standard InChI is InChI=1S/C13H13FN2O5/c14-8-2-3-9(10(6-8)16(20)21)11(17)15-7-13(12(18)19)4-1-5-13/h2-3,6H,1,4-5,7H2,(H,15,17)(H,18,19). The number of nitrogens with zero attached hydrogens (tertiary/aromatic N) is 1. The van der Waals surface area contributed by atoms with Crippen molar-refractivity contribution in [1.29, 1.82) is 0 Å². The largest absolute Gasteiger partial charge is 0.481 e. The van der Waals surface area contributed by atoms with E-state index < -0.39 is 33.7 Å². The summed E-state index contributed by atoms with van der Waals surface area (Å²) in [5.41, 5.74) is -1.93. The van der Waals surface area contributed by atoms with E-state index in [1.54, 1.807) is 0 Å². The number of carbonyl (C=O) groups is 2. The molecule has 1 aromatic rings. The van der Waals surface area contributed by atoms with Crippen LogP contribution in [-0.2, 0) is 4.79 Å². The zero-order valence-corrected chi connectivity index (χ0v) is 11.0. The second-order valence-electron chi connectivity index (χ2n) is 5.04. The minimum Gasteiger partial charge on any atom is -0.481 e. The van der Waals surface area contributed by atoms with Crippen LogP contribution in [0.1, 0.15) is 29.6 Å². The number of amides is 1. The van der Waals surface area contributed by atoms with Gasteiger partial charge >= 0.3 is 5.97 Å². The van der Waals surface area contributed by atoms with Gasteiger partial charge in [0.2, 0.25) is 0 Å². The predicted molar refractivity (Wildman–Crippen MR) is 69.3 cm³/mol. The van der Waals surface area contributed by atoms with Gasteiger partial charge in [-0.3, -0.25) is 19.7 Å². The quantitative estimate of drug-likeness (QED) is 0.635. The van der Waals surface area contributed by atoms with Crippen molar-refractivity contribution < 1.29 is 24.0 Å². The maximum atomic E-state index is 13.0. The number of hydrogen-bond donors (Lipinski definition) is 2. The fourth-order valence-corrected chi connectivity index (χ4v) is 2.26. The number of benzene rings is 1. The molecule has 0 aliphatic heterocycles. The number of carbonyl (C=O) groups excluding carboxylic acids is 1. The van der Waals surface area contributed by atoms with Gasteiger partial charge in [-0.25, -0.2) is 4.39 Å². The number of aliphatic carboxylic acids is 1. The number of nitro groups is 1. The first-order valence-electron chi connectivity index (χ1n) is 6.31. The van der Waals surface area contributed by atoms with E-state index >= 15 is 0 Å². The van der Waals surface area contributed by atoms with Crippen molar-refractivity contribution in [2.45, 2.75) is 19.3 Å². The van der Waals surface area contributed by atoms with E-state index in [2.05, 4.69) is 5.32 Å². The molecule has 0 bridgehead atoms. The van der Waals surface area contributed by atoms with Crippen LogP contribution >= 0.6 is 0 Å². The summed E-state index contributed by atoms with van der Waals surface area (Å²) in [6.45, 7) is -0.101. The molecule has 1 fully saturated rings. The summed E-state index contributed by atoms with van der Waals surface area (Å²) in [5, 5.41) is 22.3. The van der Waals surface area contributed by atoms with Gasteiger partial charge in [-0.2, -0.15) is 0 Å². The van der Waals surface area contributed by atoms with Gasteiger partial charge in [0.1, 0.15) is 11.4 Å². The number of nitrogens with one attached hydrogen (secondary N) is 1. The first-order valence-corrected chi connectivity index (χ1v) is 6.31. The number of halogens is 1. The van der Waals surface area contributed by atoms with Gasteiger partial charge in [-0.15, -0.1) is 0 Å². The molecular formula is C13H13FN2O5. The van der Waals surface area contributed by atoms with Crippen molar-refractivity contribution in [3.63, 3.8) is 0 Å². The van der Waals surface area contributed by atoms with Crippen molar-refractivity contribution in [2.24, 2.45) is 5.41 Å². The van der Waals surface area contributed by atoms with Crippen LogP contribution in [0.4, 0.5) is 10.1 Å². The molecule has 0 radical (unpaired) electrons. The van der Waals surface area contributed by atoms with Gasteiger partial charge in [0, 0.05) is 6.54 Å². The highest BCUT2D eigenvalue weighted by molar-refractivity contribution is 5.98. The van der Waals surface area contributed by atoms with E-state index in [0.29, 0.717) is 18.9 Å². The summed E-state index contributed by atoms with van der Waals surface area (Å²) < 4.78 is 13.0. The first-order chi connectivity index (χ1) is 9.85. The van der Waals surface area contributed by atoms with E-state index in [0.717, 1.165) is 18.6 Å². The number of carboxylic acid groups (broad SMARTS) is 1. The Hall–Kier alpha value is -2.51. The van der Waals surface area contributed by atoms with E-state index in [1.807, 2.05) is 0 Å². The molecule has 1 aliphatic carbocycles. The van der Waals surface area contributed by atoms with Gasteiger partial charge in [-0.1, -0.05) is 6.42 Å². The molecule has 21 heavy (non-hydrogen) atoms. The van der Waals surface area contributed by atoms with E-state index in [1.165, 1.54) is 0 Å². The normalized spacial score (nSPS) is 15.9. The third-order valence-corrected chi connectivity index (χ3v) is 3.75. The van der Waals surface area contributed by atoms with Gasteiger partial charge in [0.25, 0.3) is 11.6 Å². The van der Waals surface area contributed by atoms with Crippen LogP contribution < -0.4 is 5.32 Å².